The molecule has 2 N–H and O–H groups in total. The summed E-state index contributed by atoms with van der Waals surface area (Å²) < 4.78 is 0. The van der Waals surface area contributed by atoms with Gasteiger partial charge in [0.1, 0.15) is 0 Å². The Morgan fingerprint density at radius 2 is 1.90 bits per heavy atom. The van der Waals surface area contributed by atoms with Gasteiger partial charge in [-0.3, -0.25) is 4.90 Å². The lowest BCUT2D eigenvalue weighted by Crippen LogP contribution is -2.59. The van der Waals surface area contributed by atoms with Crippen LogP contribution < -0.4 is 5.73 Å². The first kappa shape index (κ1) is 17.3. The topological polar surface area (TPSA) is 29.3 Å². The lowest BCUT2D eigenvalue weighted by atomic mass is 9.82. The molecule has 2 nitrogen and oxygen atoms in total. The molecular weight excluding hydrogens is 256 g/mol. The molecule has 2 aliphatic rings. The maximum Gasteiger partial charge on any atom is 0.0334 e. The van der Waals surface area contributed by atoms with Crippen molar-refractivity contribution in [2.45, 2.75) is 96.6 Å². The van der Waals surface area contributed by atoms with E-state index in [0.29, 0.717) is 5.54 Å². The van der Waals surface area contributed by atoms with Crippen LogP contribution >= 0.6 is 0 Å². The molecule has 124 valence electrons. The molecule has 0 aromatic carbocycles. The summed E-state index contributed by atoms with van der Waals surface area (Å²) in [6.07, 6.45) is 13.8. The summed E-state index contributed by atoms with van der Waals surface area (Å²) in [6, 6.07) is 0.808. The van der Waals surface area contributed by atoms with Gasteiger partial charge in [-0.05, 0) is 56.9 Å². The summed E-state index contributed by atoms with van der Waals surface area (Å²) in [7, 11) is 0. The van der Waals surface area contributed by atoms with E-state index in [1.165, 1.54) is 70.8 Å². The van der Waals surface area contributed by atoms with Crippen LogP contribution in [-0.4, -0.2) is 29.6 Å². The van der Waals surface area contributed by atoms with Crippen LogP contribution in [0.5, 0.6) is 0 Å². The van der Waals surface area contributed by atoms with E-state index in [9.17, 15) is 0 Å². The molecular formula is C19H38N2. The third-order valence-electron chi connectivity index (χ3n) is 6.38. The second-order valence-electron chi connectivity index (χ2n) is 8.00. The fraction of sp³-hybridized carbons (Fsp3) is 1.00. The molecule has 1 saturated heterocycles. The molecule has 0 aromatic rings. The van der Waals surface area contributed by atoms with Gasteiger partial charge in [-0.15, -0.1) is 0 Å². The fourth-order valence-corrected chi connectivity index (χ4v) is 4.95. The average molecular weight is 295 g/mol. The Morgan fingerprint density at radius 3 is 2.57 bits per heavy atom. The molecule has 0 spiro atoms. The molecule has 1 aliphatic heterocycles. The predicted molar refractivity (Wildman–Crippen MR) is 92.5 cm³/mol. The van der Waals surface area contributed by atoms with Gasteiger partial charge in [-0.2, -0.15) is 0 Å². The van der Waals surface area contributed by atoms with Crippen LogP contribution in [0.15, 0.2) is 0 Å². The molecule has 1 heterocycles. The lowest BCUT2D eigenvalue weighted by molar-refractivity contribution is 0.00647. The monoisotopic (exact) mass is 294 g/mol. The molecule has 2 rings (SSSR count). The van der Waals surface area contributed by atoms with Gasteiger partial charge in [-0.1, -0.05) is 46.5 Å². The second kappa shape index (κ2) is 7.97. The minimum Gasteiger partial charge on any atom is -0.329 e. The normalized spacial score (nSPS) is 35.9. The predicted octanol–water partition coefficient (Wildman–Crippen LogP) is 4.57. The number of likely N-dealkylation sites (tertiary alicyclic amines) is 1. The third kappa shape index (κ3) is 4.01. The zero-order valence-corrected chi connectivity index (χ0v) is 14.7. The van der Waals surface area contributed by atoms with Crippen molar-refractivity contribution in [3.63, 3.8) is 0 Å². The Labute approximate surface area is 132 Å². The van der Waals surface area contributed by atoms with E-state index in [-0.39, 0.29) is 0 Å². The van der Waals surface area contributed by atoms with Gasteiger partial charge >= 0.3 is 0 Å². The van der Waals surface area contributed by atoms with Crippen LogP contribution in [0.4, 0.5) is 0 Å². The Bertz CT molecular complexity index is 300. The highest BCUT2D eigenvalue weighted by Gasteiger charge is 2.41. The van der Waals surface area contributed by atoms with Gasteiger partial charge in [0.05, 0.1) is 0 Å². The van der Waals surface area contributed by atoms with Crippen LogP contribution in [0, 0.1) is 11.8 Å². The summed E-state index contributed by atoms with van der Waals surface area (Å²) in [5.41, 5.74) is 6.70. The molecule has 1 aliphatic carbocycles. The van der Waals surface area contributed by atoms with Gasteiger partial charge in [0.25, 0.3) is 0 Å². The number of hydrogen-bond donors (Lipinski definition) is 1. The quantitative estimate of drug-likeness (QED) is 0.752. The molecule has 1 saturated carbocycles. The van der Waals surface area contributed by atoms with Crippen LogP contribution in [0.25, 0.3) is 0 Å². The molecule has 0 aromatic heterocycles. The third-order valence-corrected chi connectivity index (χ3v) is 6.38. The highest BCUT2D eigenvalue weighted by molar-refractivity contribution is 4.98. The van der Waals surface area contributed by atoms with Crippen molar-refractivity contribution in [3.05, 3.63) is 0 Å². The number of rotatable bonds is 5. The van der Waals surface area contributed by atoms with Gasteiger partial charge < -0.3 is 5.73 Å². The zero-order valence-electron chi connectivity index (χ0n) is 14.7. The van der Waals surface area contributed by atoms with Crippen LogP contribution in [0.3, 0.4) is 0 Å². The largest absolute Gasteiger partial charge is 0.329 e. The van der Waals surface area contributed by atoms with E-state index in [1.54, 1.807) is 0 Å². The highest BCUT2D eigenvalue weighted by Crippen LogP contribution is 2.40. The summed E-state index contributed by atoms with van der Waals surface area (Å²) >= 11 is 0. The lowest BCUT2D eigenvalue weighted by Gasteiger charge is -2.50. The van der Waals surface area contributed by atoms with E-state index >= 15 is 0 Å². The van der Waals surface area contributed by atoms with E-state index in [1.807, 2.05) is 0 Å². The summed E-state index contributed by atoms with van der Waals surface area (Å²) in [4.78, 5) is 2.88. The smallest absolute Gasteiger partial charge is 0.0334 e. The first-order valence-corrected chi connectivity index (χ1v) is 9.60. The first-order valence-electron chi connectivity index (χ1n) is 9.60. The first-order chi connectivity index (χ1) is 10.1. The van der Waals surface area contributed by atoms with Gasteiger partial charge in [0.15, 0.2) is 0 Å². The van der Waals surface area contributed by atoms with Crippen molar-refractivity contribution < 1.29 is 0 Å². The molecule has 3 unspecified atom stereocenters. The summed E-state index contributed by atoms with van der Waals surface area (Å²) in [6.45, 7) is 9.32. The van der Waals surface area contributed by atoms with Gasteiger partial charge in [-0.25, -0.2) is 0 Å². The van der Waals surface area contributed by atoms with Gasteiger partial charge in [0.2, 0.25) is 0 Å². The number of nitrogens with two attached hydrogens (primary N) is 1. The SMILES string of the molecule is CCCC1CCCCN1C1(CN)CCCC(C(C)C)CC1. The van der Waals surface area contributed by atoms with Crippen molar-refractivity contribution in [1.82, 2.24) is 4.90 Å². The molecule has 21 heavy (non-hydrogen) atoms. The number of nitrogens with zero attached hydrogens (tertiary/aromatic N) is 1. The van der Waals surface area contributed by atoms with E-state index in [0.717, 1.165) is 24.4 Å². The maximum atomic E-state index is 6.38. The molecule has 0 bridgehead atoms. The van der Waals surface area contributed by atoms with Crippen LogP contribution in [0.2, 0.25) is 0 Å². The van der Waals surface area contributed by atoms with Crippen molar-refractivity contribution in [1.29, 1.82) is 0 Å². The van der Waals surface area contributed by atoms with Crippen LogP contribution in [0.1, 0.15) is 85.0 Å². The van der Waals surface area contributed by atoms with E-state index in [4.69, 9.17) is 5.73 Å². The molecule has 2 fully saturated rings. The van der Waals surface area contributed by atoms with Crippen molar-refractivity contribution in [3.8, 4) is 0 Å². The van der Waals surface area contributed by atoms with E-state index in [2.05, 4.69) is 25.7 Å². The minimum absolute atomic E-state index is 0.323. The van der Waals surface area contributed by atoms with Crippen molar-refractivity contribution in [2.75, 3.05) is 13.1 Å². The fourth-order valence-electron chi connectivity index (χ4n) is 4.95. The average Bonchev–Trinajstić information content (AvgIpc) is 2.71. The Balaban J connectivity index is 2.11. The molecule has 0 amide bonds. The Kier molecular flexibility index (Phi) is 6.55. The van der Waals surface area contributed by atoms with Gasteiger partial charge in [0, 0.05) is 18.1 Å². The standard InChI is InChI=1S/C19H38N2/c1-4-8-18-10-5-6-14-21(18)19(15-20)12-7-9-17(11-13-19)16(2)3/h16-18H,4-15,20H2,1-3H3. The van der Waals surface area contributed by atoms with Crippen molar-refractivity contribution >= 4 is 0 Å². The Hall–Kier alpha value is -0.0800. The molecule has 3 atom stereocenters. The maximum absolute atomic E-state index is 6.38. The number of hydrogen-bond acceptors (Lipinski definition) is 2. The highest BCUT2D eigenvalue weighted by atomic mass is 15.2. The molecule has 0 radical (unpaired) electrons. The zero-order chi connectivity index (χ0) is 15.3. The number of piperidine rings is 1. The van der Waals surface area contributed by atoms with Crippen molar-refractivity contribution in [2.24, 2.45) is 17.6 Å². The second-order valence-corrected chi connectivity index (χ2v) is 8.00. The Morgan fingerprint density at radius 1 is 1.10 bits per heavy atom. The van der Waals surface area contributed by atoms with Crippen LogP contribution in [-0.2, 0) is 0 Å². The molecule has 2 heteroatoms. The minimum atomic E-state index is 0.323. The van der Waals surface area contributed by atoms with E-state index < -0.39 is 0 Å². The summed E-state index contributed by atoms with van der Waals surface area (Å²) in [5, 5.41) is 0. The summed E-state index contributed by atoms with van der Waals surface area (Å²) in [5.74, 6) is 1.76.